The van der Waals surface area contributed by atoms with Crippen molar-refractivity contribution < 1.29 is 19.4 Å². The molecular weight excluding hydrogens is 296 g/mol. The zero-order chi connectivity index (χ0) is 15.4. The van der Waals surface area contributed by atoms with Crippen molar-refractivity contribution in [1.29, 1.82) is 0 Å². The monoisotopic (exact) mass is 306 g/mol. The molecular formula is C14H11ClN2O4. The van der Waals surface area contributed by atoms with Crippen LogP contribution < -0.4 is 10.1 Å². The number of anilines is 1. The Morgan fingerprint density at radius 2 is 2.05 bits per heavy atom. The van der Waals surface area contributed by atoms with E-state index in [-0.39, 0.29) is 16.8 Å². The number of rotatable bonds is 4. The van der Waals surface area contributed by atoms with E-state index < -0.39 is 11.9 Å². The Morgan fingerprint density at radius 3 is 2.71 bits per heavy atom. The lowest BCUT2D eigenvalue weighted by Crippen LogP contribution is -2.14. The summed E-state index contributed by atoms with van der Waals surface area (Å²) in [6.45, 7) is 0. The van der Waals surface area contributed by atoms with Crippen LogP contribution in [0.2, 0.25) is 5.02 Å². The molecule has 1 amide bonds. The smallest absolute Gasteiger partial charge is 0.337 e. The van der Waals surface area contributed by atoms with E-state index in [1.54, 1.807) is 6.07 Å². The molecule has 0 fully saturated rings. The molecule has 0 unspecified atom stereocenters. The molecule has 6 nitrogen and oxygen atoms in total. The van der Waals surface area contributed by atoms with Gasteiger partial charge in [0.25, 0.3) is 5.91 Å². The largest absolute Gasteiger partial charge is 0.496 e. The molecule has 7 heteroatoms. The van der Waals surface area contributed by atoms with Crippen molar-refractivity contribution in [3.05, 3.63) is 52.8 Å². The molecule has 1 aromatic heterocycles. The number of carbonyl (C=O) groups excluding carboxylic acids is 1. The molecule has 0 saturated heterocycles. The molecule has 0 aliphatic carbocycles. The van der Waals surface area contributed by atoms with Crippen molar-refractivity contribution in [3.8, 4) is 5.75 Å². The first-order chi connectivity index (χ1) is 10.0. The van der Waals surface area contributed by atoms with Crippen LogP contribution in [0, 0.1) is 0 Å². The lowest BCUT2D eigenvalue weighted by atomic mass is 10.2. The minimum Gasteiger partial charge on any atom is -0.496 e. The molecule has 0 aliphatic heterocycles. The predicted octanol–water partition coefficient (Wildman–Crippen LogP) is 2.69. The highest BCUT2D eigenvalue weighted by Crippen LogP contribution is 2.24. The number of aromatic nitrogens is 1. The van der Waals surface area contributed by atoms with E-state index >= 15 is 0 Å². The fraction of sp³-hybridized carbons (Fsp3) is 0.0714. The van der Waals surface area contributed by atoms with Gasteiger partial charge >= 0.3 is 5.97 Å². The zero-order valence-electron chi connectivity index (χ0n) is 11.0. The summed E-state index contributed by atoms with van der Waals surface area (Å²) >= 11 is 5.83. The van der Waals surface area contributed by atoms with Crippen molar-refractivity contribution in [2.45, 2.75) is 0 Å². The van der Waals surface area contributed by atoms with Crippen molar-refractivity contribution in [2.24, 2.45) is 0 Å². The van der Waals surface area contributed by atoms with Gasteiger partial charge in [-0.3, -0.25) is 9.78 Å². The molecule has 1 heterocycles. The maximum absolute atomic E-state index is 12.2. The number of nitrogens with one attached hydrogen (secondary N) is 1. The van der Waals surface area contributed by atoms with E-state index in [1.807, 2.05) is 0 Å². The van der Waals surface area contributed by atoms with E-state index in [0.29, 0.717) is 10.8 Å². The molecule has 21 heavy (non-hydrogen) atoms. The van der Waals surface area contributed by atoms with Crippen LogP contribution in [0.25, 0.3) is 0 Å². The highest BCUT2D eigenvalue weighted by atomic mass is 35.5. The average molecular weight is 307 g/mol. The average Bonchev–Trinajstić information content (AvgIpc) is 2.47. The Hall–Kier alpha value is -2.60. The van der Waals surface area contributed by atoms with Gasteiger partial charge in [0.1, 0.15) is 5.75 Å². The third-order valence-electron chi connectivity index (χ3n) is 2.65. The quantitative estimate of drug-likeness (QED) is 0.906. The zero-order valence-corrected chi connectivity index (χ0v) is 11.7. The van der Waals surface area contributed by atoms with Crippen molar-refractivity contribution in [3.63, 3.8) is 0 Å². The van der Waals surface area contributed by atoms with Crippen LogP contribution in [-0.4, -0.2) is 29.1 Å². The SMILES string of the molecule is COc1cc(Cl)ccc1C(=O)Nc1cncc(C(=O)O)c1. The number of aromatic carboxylic acids is 1. The molecule has 1 aromatic carbocycles. The minimum absolute atomic E-state index is 0.0177. The Kier molecular flexibility index (Phi) is 4.39. The number of carboxylic acids is 1. The summed E-state index contributed by atoms with van der Waals surface area (Å²) in [5, 5.41) is 11.9. The topological polar surface area (TPSA) is 88.5 Å². The fourth-order valence-electron chi connectivity index (χ4n) is 1.68. The van der Waals surface area contributed by atoms with Gasteiger partial charge in [0.05, 0.1) is 30.1 Å². The summed E-state index contributed by atoms with van der Waals surface area (Å²) in [4.78, 5) is 26.8. The van der Waals surface area contributed by atoms with Crippen LogP contribution in [0.5, 0.6) is 5.75 Å². The van der Waals surface area contributed by atoms with Gasteiger partial charge in [0.15, 0.2) is 0 Å². The number of hydrogen-bond acceptors (Lipinski definition) is 4. The lowest BCUT2D eigenvalue weighted by Gasteiger charge is -2.09. The van der Waals surface area contributed by atoms with Crippen molar-refractivity contribution in [1.82, 2.24) is 4.98 Å². The lowest BCUT2D eigenvalue weighted by molar-refractivity contribution is 0.0696. The van der Waals surface area contributed by atoms with Crippen molar-refractivity contribution in [2.75, 3.05) is 12.4 Å². The van der Waals surface area contributed by atoms with Gasteiger partial charge in [-0.15, -0.1) is 0 Å². The first kappa shape index (κ1) is 14.8. The number of benzene rings is 1. The molecule has 0 atom stereocenters. The summed E-state index contributed by atoms with van der Waals surface area (Å²) in [6.07, 6.45) is 2.55. The molecule has 2 N–H and O–H groups in total. The Labute approximate surface area is 125 Å². The number of pyridine rings is 1. The van der Waals surface area contributed by atoms with Gasteiger partial charge in [0.2, 0.25) is 0 Å². The second-order valence-corrected chi connectivity index (χ2v) is 4.50. The minimum atomic E-state index is -1.12. The van der Waals surface area contributed by atoms with Gasteiger partial charge in [0, 0.05) is 11.2 Å². The molecule has 0 spiro atoms. The molecule has 0 aliphatic rings. The Balaban J connectivity index is 2.26. The summed E-state index contributed by atoms with van der Waals surface area (Å²) in [6, 6.07) is 5.91. The molecule has 0 saturated carbocycles. The highest BCUT2D eigenvalue weighted by Gasteiger charge is 2.14. The molecule has 0 bridgehead atoms. The van der Waals surface area contributed by atoms with E-state index in [0.717, 1.165) is 0 Å². The summed E-state index contributed by atoms with van der Waals surface area (Å²) in [5.41, 5.74) is 0.537. The van der Waals surface area contributed by atoms with Gasteiger partial charge < -0.3 is 15.2 Å². The van der Waals surface area contributed by atoms with Gasteiger partial charge in [-0.1, -0.05) is 11.6 Å². The maximum Gasteiger partial charge on any atom is 0.337 e. The van der Waals surface area contributed by atoms with Gasteiger partial charge in [-0.05, 0) is 24.3 Å². The maximum atomic E-state index is 12.2. The molecule has 108 valence electrons. The van der Waals surface area contributed by atoms with Crippen LogP contribution in [0.3, 0.4) is 0 Å². The van der Waals surface area contributed by atoms with E-state index in [9.17, 15) is 9.59 Å². The molecule has 2 aromatic rings. The Morgan fingerprint density at radius 1 is 1.29 bits per heavy atom. The standard InChI is InChI=1S/C14H11ClN2O4/c1-21-12-5-9(15)2-3-11(12)13(18)17-10-4-8(14(19)20)6-16-7-10/h2-7H,1H3,(H,17,18)(H,19,20). The van der Waals surface area contributed by atoms with Crippen LogP contribution in [0.4, 0.5) is 5.69 Å². The van der Waals surface area contributed by atoms with Gasteiger partial charge in [-0.25, -0.2) is 4.79 Å². The number of ether oxygens (including phenoxy) is 1. The van der Waals surface area contributed by atoms with Crippen molar-refractivity contribution >= 4 is 29.2 Å². The van der Waals surface area contributed by atoms with Crippen LogP contribution in [0.1, 0.15) is 20.7 Å². The summed E-state index contributed by atoms with van der Waals surface area (Å²) in [5.74, 6) is -1.25. The number of carboxylic acid groups (broad SMARTS) is 1. The van der Waals surface area contributed by atoms with E-state index in [4.69, 9.17) is 21.4 Å². The third kappa shape index (κ3) is 3.49. The normalized spacial score (nSPS) is 10.0. The number of methoxy groups -OCH3 is 1. The molecule has 0 radical (unpaired) electrons. The first-order valence-corrected chi connectivity index (χ1v) is 6.22. The third-order valence-corrected chi connectivity index (χ3v) is 2.89. The number of hydrogen-bond donors (Lipinski definition) is 2. The van der Waals surface area contributed by atoms with Crippen LogP contribution >= 0.6 is 11.6 Å². The van der Waals surface area contributed by atoms with Gasteiger partial charge in [-0.2, -0.15) is 0 Å². The van der Waals surface area contributed by atoms with Crippen LogP contribution in [0.15, 0.2) is 36.7 Å². The Bertz CT molecular complexity index is 703. The fourth-order valence-corrected chi connectivity index (χ4v) is 1.84. The first-order valence-electron chi connectivity index (χ1n) is 5.84. The number of amides is 1. The van der Waals surface area contributed by atoms with E-state index in [2.05, 4.69) is 10.3 Å². The summed E-state index contributed by atoms with van der Waals surface area (Å²) in [7, 11) is 1.43. The number of nitrogens with zero attached hydrogens (tertiary/aromatic N) is 1. The number of halogens is 1. The van der Waals surface area contributed by atoms with Crippen LogP contribution in [-0.2, 0) is 0 Å². The predicted molar refractivity (Wildman–Crippen MR) is 77.2 cm³/mol. The van der Waals surface area contributed by atoms with E-state index in [1.165, 1.54) is 37.7 Å². The number of carbonyl (C=O) groups is 2. The summed E-state index contributed by atoms with van der Waals surface area (Å²) < 4.78 is 5.09. The second kappa shape index (κ2) is 6.23. The molecule has 2 rings (SSSR count). The second-order valence-electron chi connectivity index (χ2n) is 4.07. The highest BCUT2D eigenvalue weighted by molar-refractivity contribution is 6.31.